The van der Waals surface area contributed by atoms with Crippen LogP contribution in [-0.2, 0) is 0 Å². The molecule has 1 saturated heterocycles. The normalized spacial score (nSPS) is 24.7. The van der Waals surface area contributed by atoms with Crippen LogP contribution in [-0.4, -0.2) is 47.1 Å². The molecule has 1 heterocycles. The number of thiocarbonyl (C=S) groups is 1. The highest BCUT2D eigenvalue weighted by atomic mass is 35.5. The minimum Gasteiger partial charge on any atom is -0.349 e. The first-order chi connectivity index (χ1) is 12.5. The third-order valence-corrected chi connectivity index (χ3v) is 7.20. The summed E-state index contributed by atoms with van der Waals surface area (Å²) in [7, 11) is 2.35. The second-order valence-electron chi connectivity index (χ2n) is 8.06. The van der Waals surface area contributed by atoms with Crippen LogP contribution < -0.4 is 5.32 Å². The van der Waals surface area contributed by atoms with Crippen LogP contribution in [0.15, 0.2) is 18.2 Å². The Morgan fingerprint density at radius 2 is 1.88 bits per heavy atom. The molecule has 0 bridgehead atoms. The average molecular weight is 394 g/mol. The standard InChI is InChI=1S/C21H32ClN3S/c1-15-7-4-5-10-20(15)24(3)17-11-13-25(14-12-17)21(26)23-19-9-6-8-18(22)16(19)2/h6,8-9,15,17,20H,4-5,7,10-14H2,1-3H3,(H,23,26)/t15-,20+/m0/s1. The molecule has 3 nitrogen and oxygen atoms in total. The lowest BCUT2D eigenvalue weighted by atomic mass is 9.84. The Kier molecular flexibility index (Phi) is 6.81. The molecule has 1 aliphatic carbocycles. The molecule has 26 heavy (non-hydrogen) atoms. The Hall–Kier alpha value is -0.840. The molecule has 0 amide bonds. The summed E-state index contributed by atoms with van der Waals surface area (Å²) in [6.45, 7) is 6.52. The number of rotatable bonds is 3. The number of piperidine rings is 1. The Labute approximate surface area is 169 Å². The van der Waals surface area contributed by atoms with E-state index in [1.54, 1.807) is 0 Å². The molecule has 0 aromatic heterocycles. The fourth-order valence-electron chi connectivity index (χ4n) is 4.59. The summed E-state index contributed by atoms with van der Waals surface area (Å²) in [5.41, 5.74) is 2.06. The van der Waals surface area contributed by atoms with Gasteiger partial charge in [0.05, 0.1) is 0 Å². The molecule has 0 radical (unpaired) electrons. The molecule has 2 aliphatic rings. The van der Waals surface area contributed by atoms with E-state index in [1.807, 2.05) is 25.1 Å². The number of hydrogen-bond donors (Lipinski definition) is 1. The van der Waals surface area contributed by atoms with Crippen molar-refractivity contribution in [2.75, 3.05) is 25.5 Å². The highest BCUT2D eigenvalue weighted by molar-refractivity contribution is 7.80. The van der Waals surface area contributed by atoms with Crippen molar-refractivity contribution >= 4 is 34.6 Å². The van der Waals surface area contributed by atoms with Crippen LogP contribution in [0, 0.1) is 12.8 Å². The van der Waals surface area contributed by atoms with Crippen molar-refractivity contribution in [2.45, 2.75) is 64.5 Å². The Morgan fingerprint density at radius 1 is 1.19 bits per heavy atom. The molecular formula is C21H32ClN3S. The lowest BCUT2D eigenvalue weighted by Gasteiger charge is -2.44. The molecule has 144 valence electrons. The maximum absolute atomic E-state index is 6.22. The number of halogens is 1. The minimum absolute atomic E-state index is 0.688. The smallest absolute Gasteiger partial charge is 0.173 e. The third kappa shape index (κ3) is 4.52. The van der Waals surface area contributed by atoms with Gasteiger partial charge in [0.2, 0.25) is 0 Å². The maximum atomic E-state index is 6.22. The van der Waals surface area contributed by atoms with Gasteiger partial charge >= 0.3 is 0 Å². The summed E-state index contributed by atoms with van der Waals surface area (Å²) < 4.78 is 0. The second-order valence-corrected chi connectivity index (χ2v) is 8.85. The van der Waals surface area contributed by atoms with Gasteiger partial charge in [0, 0.05) is 35.9 Å². The zero-order chi connectivity index (χ0) is 18.7. The Morgan fingerprint density at radius 3 is 2.58 bits per heavy atom. The molecule has 2 atom stereocenters. The number of nitrogens with one attached hydrogen (secondary N) is 1. The highest BCUT2D eigenvalue weighted by Crippen LogP contribution is 2.31. The highest BCUT2D eigenvalue weighted by Gasteiger charge is 2.31. The van der Waals surface area contributed by atoms with Crippen molar-refractivity contribution in [3.8, 4) is 0 Å². The van der Waals surface area contributed by atoms with E-state index in [2.05, 4.69) is 29.1 Å². The van der Waals surface area contributed by atoms with Crippen LogP contribution in [0.2, 0.25) is 5.02 Å². The van der Waals surface area contributed by atoms with Gasteiger partial charge in [0.15, 0.2) is 5.11 Å². The number of benzene rings is 1. The molecule has 1 aromatic rings. The molecule has 1 saturated carbocycles. The van der Waals surface area contributed by atoms with Crippen molar-refractivity contribution in [1.82, 2.24) is 9.80 Å². The van der Waals surface area contributed by atoms with Crippen LogP contribution in [0.25, 0.3) is 0 Å². The molecule has 1 aromatic carbocycles. The lowest BCUT2D eigenvalue weighted by Crippen LogP contribution is -2.51. The predicted molar refractivity (Wildman–Crippen MR) is 116 cm³/mol. The monoisotopic (exact) mass is 393 g/mol. The van der Waals surface area contributed by atoms with E-state index in [-0.39, 0.29) is 0 Å². The molecule has 1 N–H and O–H groups in total. The first kappa shape index (κ1) is 19.9. The number of nitrogens with zero attached hydrogens (tertiary/aromatic N) is 2. The number of anilines is 1. The van der Waals surface area contributed by atoms with Crippen molar-refractivity contribution in [1.29, 1.82) is 0 Å². The van der Waals surface area contributed by atoms with Crippen LogP contribution in [0.3, 0.4) is 0 Å². The molecule has 1 aliphatic heterocycles. The van der Waals surface area contributed by atoms with E-state index < -0.39 is 0 Å². The van der Waals surface area contributed by atoms with E-state index >= 15 is 0 Å². The summed E-state index contributed by atoms with van der Waals surface area (Å²) in [5, 5.41) is 4.99. The summed E-state index contributed by atoms with van der Waals surface area (Å²) in [4.78, 5) is 4.99. The van der Waals surface area contributed by atoms with E-state index in [1.165, 1.54) is 38.5 Å². The quantitative estimate of drug-likeness (QED) is 0.700. The van der Waals surface area contributed by atoms with Crippen LogP contribution in [0.1, 0.15) is 51.0 Å². The van der Waals surface area contributed by atoms with Gasteiger partial charge < -0.3 is 15.1 Å². The zero-order valence-electron chi connectivity index (χ0n) is 16.3. The summed E-state index contributed by atoms with van der Waals surface area (Å²) >= 11 is 11.9. The van der Waals surface area contributed by atoms with E-state index in [4.69, 9.17) is 23.8 Å². The van der Waals surface area contributed by atoms with Gasteiger partial charge in [-0.3, -0.25) is 0 Å². The fraction of sp³-hybridized carbons (Fsp3) is 0.667. The Balaban J connectivity index is 1.53. The molecule has 3 rings (SSSR count). The van der Waals surface area contributed by atoms with Gasteiger partial charge in [-0.2, -0.15) is 0 Å². The molecule has 0 unspecified atom stereocenters. The van der Waals surface area contributed by atoms with Gasteiger partial charge in [-0.1, -0.05) is 37.4 Å². The maximum Gasteiger partial charge on any atom is 0.173 e. The van der Waals surface area contributed by atoms with Gasteiger partial charge in [0.1, 0.15) is 0 Å². The van der Waals surface area contributed by atoms with E-state index in [0.717, 1.165) is 46.4 Å². The minimum atomic E-state index is 0.688. The summed E-state index contributed by atoms with van der Waals surface area (Å²) in [6, 6.07) is 7.37. The average Bonchev–Trinajstić information content (AvgIpc) is 2.65. The van der Waals surface area contributed by atoms with E-state index in [9.17, 15) is 0 Å². The SMILES string of the molecule is Cc1c(Cl)cccc1NC(=S)N1CCC(N(C)[C@@H]2CCCC[C@@H]2C)CC1. The van der Waals surface area contributed by atoms with Crippen molar-refractivity contribution in [3.63, 3.8) is 0 Å². The van der Waals surface area contributed by atoms with Crippen molar-refractivity contribution < 1.29 is 0 Å². The topological polar surface area (TPSA) is 18.5 Å². The number of hydrogen-bond acceptors (Lipinski definition) is 2. The largest absolute Gasteiger partial charge is 0.349 e. The zero-order valence-corrected chi connectivity index (χ0v) is 17.9. The lowest BCUT2D eigenvalue weighted by molar-refractivity contribution is 0.0691. The first-order valence-electron chi connectivity index (χ1n) is 10.0. The third-order valence-electron chi connectivity index (χ3n) is 6.43. The van der Waals surface area contributed by atoms with Gasteiger partial charge in [0.25, 0.3) is 0 Å². The van der Waals surface area contributed by atoms with E-state index in [0.29, 0.717) is 6.04 Å². The van der Waals surface area contributed by atoms with Crippen LogP contribution in [0.4, 0.5) is 5.69 Å². The fourth-order valence-corrected chi connectivity index (χ4v) is 5.05. The van der Waals surface area contributed by atoms with Gasteiger partial charge in [-0.25, -0.2) is 0 Å². The molecular weight excluding hydrogens is 362 g/mol. The predicted octanol–water partition coefficient (Wildman–Crippen LogP) is 5.32. The summed E-state index contributed by atoms with van der Waals surface area (Å²) in [6.07, 6.45) is 7.94. The Bertz CT molecular complexity index is 628. The van der Waals surface area contributed by atoms with Crippen LogP contribution >= 0.6 is 23.8 Å². The van der Waals surface area contributed by atoms with Crippen molar-refractivity contribution in [3.05, 3.63) is 28.8 Å². The molecule has 5 heteroatoms. The van der Waals surface area contributed by atoms with Crippen molar-refractivity contribution in [2.24, 2.45) is 5.92 Å². The van der Waals surface area contributed by atoms with Gasteiger partial charge in [-0.15, -0.1) is 0 Å². The molecule has 2 fully saturated rings. The molecule has 0 spiro atoms. The van der Waals surface area contributed by atoms with Gasteiger partial charge in [-0.05, 0) is 75.5 Å². The number of likely N-dealkylation sites (tertiary alicyclic amines) is 1. The van der Waals surface area contributed by atoms with Crippen LogP contribution in [0.5, 0.6) is 0 Å². The summed E-state index contributed by atoms with van der Waals surface area (Å²) in [5.74, 6) is 0.834. The second kappa shape index (κ2) is 8.90. The first-order valence-corrected chi connectivity index (χ1v) is 10.8.